The van der Waals surface area contributed by atoms with E-state index >= 15 is 0 Å². The lowest BCUT2D eigenvalue weighted by Gasteiger charge is -2.59. The van der Waals surface area contributed by atoms with E-state index in [0.717, 1.165) is 45.3 Å². The first-order valence-electron chi connectivity index (χ1n) is 10.7. The minimum atomic E-state index is 0.0627. The van der Waals surface area contributed by atoms with Crippen molar-refractivity contribution in [2.45, 2.75) is 64.8 Å². The maximum atomic E-state index is 13.2. The highest BCUT2D eigenvalue weighted by Gasteiger charge is 2.54. The van der Waals surface area contributed by atoms with Gasteiger partial charge in [-0.2, -0.15) is 0 Å². The van der Waals surface area contributed by atoms with Gasteiger partial charge < -0.3 is 5.32 Å². The predicted octanol–water partition coefficient (Wildman–Crippen LogP) is 5.24. The fraction of sp³-hybridized carbons (Fsp3) is 0.609. The lowest BCUT2D eigenvalue weighted by Crippen LogP contribution is -2.56. The quantitative estimate of drug-likeness (QED) is 0.753. The summed E-state index contributed by atoms with van der Waals surface area (Å²) in [6.07, 6.45) is 12.9. The van der Waals surface area contributed by atoms with E-state index in [9.17, 15) is 4.79 Å². The number of hydrogen-bond acceptors (Lipinski definition) is 4. The van der Waals surface area contributed by atoms with E-state index in [-0.39, 0.29) is 11.9 Å². The molecule has 6 rings (SSSR count). The van der Waals surface area contributed by atoms with Crippen molar-refractivity contribution in [3.05, 3.63) is 35.1 Å². The van der Waals surface area contributed by atoms with Gasteiger partial charge in [0, 0.05) is 24.0 Å². The highest BCUT2D eigenvalue weighted by molar-refractivity contribution is 7.17. The maximum Gasteiger partial charge on any atom is 0.263 e. The first-order chi connectivity index (χ1) is 13.6. The summed E-state index contributed by atoms with van der Waals surface area (Å²) in [7, 11) is 0. The molecule has 5 heteroatoms. The van der Waals surface area contributed by atoms with Crippen LogP contribution in [-0.2, 0) is 0 Å². The van der Waals surface area contributed by atoms with Gasteiger partial charge in [-0.1, -0.05) is 6.92 Å². The third-order valence-corrected chi connectivity index (χ3v) is 8.65. The topological polar surface area (TPSA) is 54.9 Å². The molecule has 2 aromatic rings. The van der Waals surface area contributed by atoms with Gasteiger partial charge in [-0.3, -0.25) is 9.78 Å². The molecule has 1 amide bonds. The molecule has 2 heterocycles. The van der Waals surface area contributed by atoms with Gasteiger partial charge in [0.2, 0.25) is 0 Å². The molecular weight excluding hydrogens is 366 g/mol. The summed E-state index contributed by atoms with van der Waals surface area (Å²) in [6.45, 7) is 4.18. The zero-order chi connectivity index (χ0) is 19.3. The molecule has 0 radical (unpaired) electrons. The second-order valence-corrected chi connectivity index (χ2v) is 10.4. The van der Waals surface area contributed by atoms with E-state index in [4.69, 9.17) is 0 Å². The Morgan fingerprint density at radius 1 is 1.25 bits per heavy atom. The van der Waals surface area contributed by atoms with E-state index in [1.54, 1.807) is 6.20 Å². The van der Waals surface area contributed by atoms with E-state index < -0.39 is 0 Å². The fourth-order valence-corrected chi connectivity index (χ4v) is 7.70. The van der Waals surface area contributed by atoms with Gasteiger partial charge in [0.15, 0.2) is 0 Å². The van der Waals surface area contributed by atoms with Crippen LogP contribution < -0.4 is 5.32 Å². The summed E-state index contributed by atoms with van der Waals surface area (Å²) >= 11 is 1.49. The van der Waals surface area contributed by atoms with E-state index in [2.05, 4.69) is 22.2 Å². The molecule has 0 saturated heterocycles. The number of carbonyl (C=O) groups is 1. The highest BCUT2D eigenvalue weighted by Crippen LogP contribution is 2.61. The van der Waals surface area contributed by atoms with Crippen molar-refractivity contribution in [1.82, 2.24) is 15.3 Å². The summed E-state index contributed by atoms with van der Waals surface area (Å²) in [6, 6.07) is 4.19. The van der Waals surface area contributed by atoms with Crippen molar-refractivity contribution >= 4 is 17.2 Å². The van der Waals surface area contributed by atoms with Crippen molar-refractivity contribution in [3.8, 4) is 10.6 Å². The molecule has 0 aromatic carbocycles. The predicted molar refractivity (Wildman–Crippen MR) is 112 cm³/mol. The standard InChI is InChI=1S/C23H29N3OS/c1-3-19(23-10-15-7-16(11-23)9-17(8-15)12-23)26-21(27)20-14(2)25-22(28-20)18-5-4-6-24-13-18/h4-6,13,15-17,19H,3,7-12H2,1-2H3,(H,26,27)/t15?,16?,17?,19-,23?/m0/s1. The lowest BCUT2D eigenvalue weighted by molar-refractivity contribution is -0.0727. The van der Waals surface area contributed by atoms with Crippen LogP contribution in [0.4, 0.5) is 0 Å². The Morgan fingerprint density at radius 3 is 2.50 bits per heavy atom. The molecule has 4 bridgehead atoms. The molecule has 4 nitrogen and oxygen atoms in total. The van der Waals surface area contributed by atoms with Crippen LogP contribution in [0, 0.1) is 30.1 Å². The summed E-state index contributed by atoms with van der Waals surface area (Å²) in [4.78, 5) is 22.8. The number of amides is 1. The number of hydrogen-bond donors (Lipinski definition) is 1. The zero-order valence-corrected chi connectivity index (χ0v) is 17.6. The van der Waals surface area contributed by atoms with Crippen molar-refractivity contribution < 1.29 is 4.79 Å². The van der Waals surface area contributed by atoms with Gasteiger partial charge in [-0.25, -0.2) is 4.98 Å². The molecule has 4 fully saturated rings. The number of carbonyl (C=O) groups excluding carboxylic acids is 1. The Morgan fingerprint density at radius 2 is 1.93 bits per heavy atom. The van der Waals surface area contributed by atoms with Crippen LogP contribution in [0.1, 0.15) is 67.2 Å². The highest BCUT2D eigenvalue weighted by atomic mass is 32.1. The third kappa shape index (κ3) is 3.08. The van der Waals surface area contributed by atoms with Crippen molar-refractivity contribution in [2.75, 3.05) is 0 Å². The van der Waals surface area contributed by atoms with Crippen LogP contribution in [0.25, 0.3) is 10.6 Å². The number of rotatable bonds is 5. The second-order valence-electron chi connectivity index (χ2n) is 9.39. The van der Waals surface area contributed by atoms with E-state index in [1.807, 2.05) is 25.3 Å². The molecule has 4 saturated carbocycles. The number of thiazole rings is 1. The molecule has 4 aliphatic carbocycles. The second kappa shape index (κ2) is 6.94. The first kappa shape index (κ1) is 18.3. The molecule has 0 aliphatic heterocycles. The molecule has 4 aliphatic rings. The Balaban J connectivity index is 1.37. The van der Waals surface area contributed by atoms with E-state index in [1.165, 1.54) is 49.9 Å². The van der Waals surface area contributed by atoms with E-state index in [0.29, 0.717) is 5.41 Å². The molecule has 28 heavy (non-hydrogen) atoms. The van der Waals surface area contributed by atoms with Crippen molar-refractivity contribution in [3.63, 3.8) is 0 Å². The molecular formula is C23H29N3OS. The van der Waals surface area contributed by atoms with Gasteiger partial charge in [0.05, 0.1) is 5.69 Å². The minimum Gasteiger partial charge on any atom is -0.348 e. The molecule has 0 unspecified atom stereocenters. The summed E-state index contributed by atoms with van der Waals surface area (Å²) < 4.78 is 0. The van der Waals surface area contributed by atoms with Gasteiger partial charge in [-0.05, 0) is 87.2 Å². The summed E-state index contributed by atoms with van der Waals surface area (Å²) in [5.74, 6) is 2.77. The van der Waals surface area contributed by atoms with Crippen LogP contribution in [-0.4, -0.2) is 21.9 Å². The van der Waals surface area contributed by atoms with Gasteiger partial charge in [0.1, 0.15) is 9.88 Å². The third-order valence-electron chi connectivity index (χ3n) is 7.45. The first-order valence-corrected chi connectivity index (χ1v) is 11.6. The Hall–Kier alpha value is -1.75. The minimum absolute atomic E-state index is 0.0627. The average Bonchev–Trinajstić information content (AvgIpc) is 3.07. The number of pyridine rings is 1. The zero-order valence-electron chi connectivity index (χ0n) is 16.8. The van der Waals surface area contributed by atoms with Crippen LogP contribution in [0.15, 0.2) is 24.5 Å². The molecule has 148 valence electrons. The molecule has 2 aromatic heterocycles. The monoisotopic (exact) mass is 395 g/mol. The van der Waals surface area contributed by atoms with Crippen molar-refractivity contribution in [1.29, 1.82) is 0 Å². The van der Waals surface area contributed by atoms with Gasteiger partial charge in [-0.15, -0.1) is 11.3 Å². The van der Waals surface area contributed by atoms with Crippen LogP contribution in [0.2, 0.25) is 0 Å². The maximum absolute atomic E-state index is 13.2. The lowest BCUT2D eigenvalue weighted by atomic mass is 9.47. The summed E-state index contributed by atoms with van der Waals surface area (Å²) in [5, 5.41) is 4.34. The average molecular weight is 396 g/mol. The Kier molecular flexibility index (Phi) is 4.53. The number of nitrogens with one attached hydrogen (secondary N) is 1. The number of aromatic nitrogens is 2. The van der Waals surface area contributed by atoms with Crippen LogP contribution >= 0.6 is 11.3 Å². The fourth-order valence-electron chi connectivity index (χ4n) is 6.74. The number of aryl methyl sites for hydroxylation is 1. The number of nitrogens with zero attached hydrogens (tertiary/aromatic N) is 2. The van der Waals surface area contributed by atoms with Crippen LogP contribution in [0.5, 0.6) is 0 Å². The normalized spacial score (nSPS) is 31.7. The Labute approximate surface area is 171 Å². The largest absolute Gasteiger partial charge is 0.348 e. The van der Waals surface area contributed by atoms with Gasteiger partial charge in [0.25, 0.3) is 5.91 Å². The SMILES string of the molecule is CC[C@H](NC(=O)c1sc(-c2cccnc2)nc1C)C12CC3CC(CC(C3)C1)C2. The Bertz CT molecular complexity index is 840. The van der Waals surface area contributed by atoms with Gasteiger partial charge >= 0.3 is 0 Å². The summed E-state index contributed by atoms with van der Waals surface area (Å²) in [5.41, 5.74) is 2.13. The smallest absolute Gasteiger partial charge is 0.263 e. The molecule has 1 N–H and O–H groups in total. The van der Waals surface area contributed by atoms with Crippen LogP contribution in [0.3, 0.4) is 0 Å². The molecule has 1 atom stereocenters. The van der Waals surface area contributed by atoms with Crippen molar-refractivity contribution in [2.24, 2.45) is 23.2 Å². The molecule has 0 spiro atoms.